The number of thiophene rings is 1. The number of ether oxygens (including phenoxy) is 2. The third kappa shape index (κ3) is 3.88. The zero-order valence-electron chi connectivity index (χ0n) is 15.8. The topological polar surface area (TPSA) is 86.0 Å². The highest BCUT2D eigenvalue weighted by Gasteiger charge is 2.36. The normalized spacial score (nSPS) is 16.2. The number of hydrogen-bond donors (Lipinski definition) is 0. The van der Waals surface area contributed by atoms with Crippen LogP contribution < -0.4 is 10.4 Å². The van der Waals surface area contributed by atoms with E-state index in [9.17, 15) is 14.4 Å². The minimum absolute atomic E-state index is 0.0786. The van der Waals surface area contributed by atoms with Crippen molar-refractivity contribution in [2.45, 2.75) is 25.5 Å². The summed E-state index contributed by atoms with van der Waals surface area (Å²) in [6.07, 6.45) is 1.30. The quantitative estimate of drug-likeness (QED) is 0.472. The molecule has 1 amide bonds. The first kappa shape index (κ1) is 19.2. The van der Waals surface area contributed by atoms with Gasteiger partial charge in [0, 0.05) is 29.6 Å². The fraction of sp³-hybridized carbons (Fsp3) is 0.286. The van der Waals surface area contributed by atoms with Crippen molar-refractivity contribution in [1.29, 1.82) is 0 Å². The molecule has 1 aromatic carbocycles. The van der Waals surface area contributed by atoms with Gasteiger partial charge in [-0.05, 0) is 36.4 Å². The molecule has 0 aliphatic carbocycles. The summed E-state index contributed by atoms with van der Waals surface area (Å²) in [6, 6.07) is 9.36. The summed E-state index contributed by atoms with van der Waals surface area (Å²) >= 11 is 1.35. The number of benzene rings is 1. The summed E-state index contributed by atoms with van der Waals surface area (Å²) < 4.78 is 15.9. The molecule has 0 radical (unpaired) electrons. The maximum Gasteiger partial charge on any atom is 0.336 e. The maximum atomic E-state index is 12.7. The first-order chi connectivity index (χ1) is 14.1. The fourth-order valence-electron chi connectivity index (χ4n) is 3.50. The fourth-order valence-corrected chi connectivity index (χ4v) is 4.18. The minimum Gasteiger partial charge on any atom is -0.497 e. The highest BCUT2D eigenvalue weighted by molar-refractivity contribution is 7.12. The van der Waals surface area contributed by atoms with Crippen LogP contribution >= 0.6 is 11.3 Å². The standard InChI is InChI=1S/C21H19NO6S/c1-26-14-6-7-15-13(10-19(23)28-17(15)11-14)12-27-21(25)16-4-2-8-22(16)20(24)18-5-3-9-29-18/h3,5-7,9-11,16H,2,4,8,12H2,1H3/t16-/m0/s1. The van der Waals surface area contributed by atoms with Crippen LogP contribution in [-0.2, 0) is 16.1 Å². The average molecular weight is 413 g/mol. The number of esters is 1. The van der Waals surface area contributed by atoms with Crippen LogP contribution in [0.1, 0.15) is 28.1 Å². The number of rotatable bonds is 5. The Morgan fingerprint density at radius 2 is 2.14 bits per heavy atom. The van der Waals surface area contributed by atoms with Crippen molar-refractivity contribution in [2.24, 2.45) is 0 Å². The van der Waals surface area contributed by atoms with Crippen molar-refractivity contribution < 1.29 is 23.5 Å². The summed E-state index contributed by atoms with van der Waals surface area (Å²) in [5.41, 5.74) is 0.367. The third-order valence-corrected chi connectivity index (χ3v) is 5.78. The van der Waals surface area contributed by atoms with E-state index in [4.69, 9.17) is 13.9 Å². The van der Waals surface area contributed by atoms with E-state index in [1.807, 2.05) is 11.4 Å². The number of carbonyl (C=O) groups is 2. The van der Waals surface area contributed by atoms with Crippen LogP contribution in [0.25, 0.3) is 11.0 Å². The van der Waals surface area contributed by atoms with Crippen molar-refractivity contribution in [3.05, 3.63) is 62.6 Å². The second-order valence-electron chi connectivity index (χ2n) is 6.69. The second-order valence-corrected chi connectivity index (χ2v) is 7.64. The van der Waals surface area contributed by atoms with Gasteiger partial charge in [-0.15, -0.1) is 11.3 Å². The Kier molecular flexibility index (Phi) is 5.35. The van der Waals surface area contributed by atoms with Gasteiger partial charge in [-0.1, -0.05) is 6.07 Å². The molecule has 7 nitrogen and oxygen atoms in total. The first-order valence-corrected chi connectivity index (χ1v) is 10.1. The molecule has 150 valence electrons. The van der Waals surface area contributed by atoms with Gasteiger partial charge >= 0.3 is 11.6 Å². The van der Waals surface area contributed by atoms with E-state index < -0.39 is 17.6 Å². The van der Waals surface area contributed by atoms with Crippen LogP contribution in [-0.4, -0.2) is 36.5 Å². The van der Waals surface area contributed by atoms with Crippen LogP contribution in [0, 0.1) is 0 Å². The van der Waals surface area contributed by atoms with Crippen LogP contribution in [0.4, 0.5) is 0 Å². The zero-order valence-corrected chi connectivity index (χ0v) is 16.6. The molecule has 3 aromatic rings. The molecule has 4 rings (SSSR count). The van der Waals surface area contributed by atoms with Gasteiger partial charge in [0.05, 0.1) is 12.0 Å². The lowest BCUT2D eigenvalue weighted by Gasteiger charge is -2.22. The van der Waals surface area contributed by atoms with E-state index in [1.165, 1.54) is 24.5 Å². The van der Waals surface area contributed by atoms with E-state index in [1.54, 1.807) is 29.2 Å². The maximum absolute atomic E-state index is 12.7. The minimum atomic E-state index is -0.615. The van der Waals surface area contributed by atoms with Gasteiger partial charge in [0.15, 0.2) is 0 Å². The molecule has 0 spiro atoms. The number of methoxy groups -OCH3 is 1. The molecule has 0 unspecified atom stereocenters. The van der Waals surface area contributed by atoms with Gasteiger partial charge < -0.3 is 18.8 Å². The van der Waals surface area contributed by atoms with E-state index in [-0.39, 0.29) is 12.5 Å². The summed E-state index contributed by atoms with van der Waals surface area (Å²) in [5, 5.41) is 2.49. The lowest BCUT2D eigenvalue weighted by atomic mass is 10.1. The number of amides is 1. The molecular formula is C21H19NO6S. The Balaban J connectivity index is 1.51. The van der Waals surface area contributed by atoms with Gasteiger partial charge in [-0.3, -0.25) is 4.79 Å². The molecule has 0 bridgehead atoms. The Bertz CT molecular complexity index is 1100. The van der Waals surface area contributed by atoms with Gasteiger partial charge in [0.1, 0.15) is 24.0 Å². The molecule has 1 atom stereocenters. The SMILES string of the molecule is COc1ccc2c(COC(=O)[C@@H]3CCCN3C(=O)c3cccs3)cc(=O)oc2c1. The highest BCUT2D eigenvalue weighted by atomic mass is 32.1. The Morgan fingerprint density at radius 1 is 1.28 bits per heavy atom. The molecule has 0 N–H and O–H groups in total. The summed E-state index contributed by atoms with van der Waals surface area (Å²) in [7, 11) is 1.52. The Morgan fingerprint density at radius 3 is 2.90 bits per heavy atom. The molecule has 8 heteroatoms. The summed E-state index contributed by atoms with van der Waals surface area (Å²) in [4.78, 5) is 39.4. The van der Waals surface area contributed by atoms with Crippen LogP contribution in [0.3, 0.4) is 0 Å². The largest absolute Gasteiger partial charge is 0.497 e. The number of hydrogen-bond acceptors (Lipinski definition) is 7. The average Bonchev–Trinajstić information content (AvgIpc) is 3.42. The van der Waals surface area contributed by atoms with E-state index in [0.717, 1.165) is 6.42 Å². The lowest BCUT2D eigenvalue weighted by molar-refractivity contribution is -0.149. The summed E-state index contributed by atoms with van der Waals surface area (Å²) in [6.45, 7) is 0.443. The van der Waals surface area contributed by atoms with E-state index in [0.29, 0.717) is 40.1 Å². The molecular weight excluding hydrogens is 394 g/mol. The van der Waals surface area contributed by atoms with Crippen molar-refractivity contribution in [3.63, 3.8) is 0 Å². The van der Waals surface area contributed by atoms with Crippen LogP contribution in [0.15, 0.2) is 51.0 Å². The van der Waals surface area contributed by atoms with Gasteiger partial charge in [0.2, 0.25) is 0 Å². The lowest BCUT2D eigenvalue weighted by Crippen LogP contribution is -2.41. The summed E-state index contributed by atoms with van der Waals surface area (Å²) in [5.74, 6) is -0.0665. The van der Waals surface area contributed by atoms with Crippen molar-refractivity contribution in [3.8, 4) is 5.75 Å². The number of fused-ring (bicyclic) bond motifs is 1. The molecule has 2 aromatic heterocycles. The van der Waals surface area contributed by atoms with E-state index >= 15 is 0 Å². The monoisotopic (exact) mass is 413 g/mol. The molecule has 0 saturated carbocycles. The molecule has 29 heavy (non-hydrogen) atoms. The Labute approximate surface area is 170 Å². The van der Waals surface area contributed by atoms with Gasteiger partial charge in [-0.2, -0.15) is 0 Å². The molecule has 1 aliphatic rings. The molecule has 1 aliphatic heterocycles. The molecule has 1 fully saturated rings. The zero-order chi connectivity index (χ0) is 20.4. The van der Waals surface area contributed by atoms with Crippen LogP contribution in [0.2, 0.25) is 0 Å². The van der Waals surface area contributed by atoms with Crippen molar-refractivity contribution >= 4 is 34.2 Å². The Hall–Kier alpha value is -3.13. The molecule has 3 heterocycles. The van der Waals surface area contributed by atoms with Gasteiger partial charge in [-0.25, -0.2) is 9.59 Å². The van der Waals surface area contributed by atoms with Gasteiger partial charge in [0.25, 0.3) is 5.91 Å². The smallest absolute Gasteiger partial charge is 0.336 e. The highest BCUT2D eigenvalue weighted by Crippen LogP contribution is 2.25. The van der Waals surface area contributed by atoms with Crippen molar-refractivity contribution in [2.75, 3.05) is 13.7 Å². The van der Waals surface area contributed by atoms with Crippen molar-refractivity contribution in [1.82, 2.24) is 4.90 Å². The third-order valence-electron chi connectivity index (χ3n) is 4.92. The number of nitrogens with zero attached hydrogens (tertiary/aromatic N) is 1. The van der Waals surface area contributed by atoms with E-state index in [2.05, 4.69) is 0 Å². The second kappa shape index (κ2) is 8.08. The van der Waals surface area contributed by atoms with Crippen LogP contribution in [0.5, 0.6) is 5.75 Å². The first-order valence-electron chi connectivity index (χ1n) is 9.18. The number of carbonyl (C=O) groups excluding carboxylic acids is 2. The predicted octanol–water partition coefficient (Wildman–Crippen LogP) is 3.21. The molecule has 1 saturated heterocycles. The predicted molar refractivity (Wildman–Crippen MR) is 107 cm³/mol. The number of likely N-dealkylation sites (tertiary alicyclic amines) is 1.